The minimum atomic E-state index is -2.82. The predicted octanol–water partition coefficient (Wildman–Crippen LogP) is 4.01. The zero-order valence-corrected chi connectivity index (χ0v) is 11.5. The Kier molecular flexibility index (Phi) is 4.17. The van der Waals surface area contributed by atoms with Crippen molar-refractivity contribution in [3.05, 3.63) is 51.2 Å². The van der Waals surface area contributed by atoms with Gasteiger partial charge in [-0.2, -0.15) is 8.78 Å². The molecule has 19 heavy (non-hydrogen) atoms. The van der Waals surface area contributed by atoms with Crippen LogP contribution in [-0.2, 0) is 0 Å². The number of thiophene rings is 1. The van der Waals surface area contributed by atoms with Crippen molar-refractivity contribution in [2.24, 2.45) is 5.73 Å². The van der Waals surface area contributed by atoms with Crippen LogP contribution in [0, 0.1) is 13.8 Å². The number of alkyl halides is 2. The van der Waals surface area contributed by atoms with Gasteiger partial charge in [0.15, 0.2) is 0 Å². The maximum absolute atomic E-state index is 12.2. The van der Waals surface area contributed by atoms with Crippen LogP contribution in [-0.4, -0.2) is 6.61 Å². The Hall–Kier alpha value is -1.46. The lowest BCUT2D eigenvalue weighted by Crippen LogP contribution is -2.12. The average Bonchev–Trinajstić information content (AvgIpc) is 2.67. The molecule has 0 aliphatic heterocycles. The number of ether oxygens (including phenoxy) is 1. The number of rotatable bonds is 4. The van der Waals surface area contributed by atoms with E-state index in [0.29, 0.717) is 0 Å². The summed E-state index contributed by atoms with van der Waals surface area (Å²) in [6.45, 7) is 1.19. The molecule has 0 spiro atoms. The Morgan fingerprint density at radius 2 is 1.95 bits per heavy atom. The number of nitrogens with two attached hydrogens (primary N) is 1. The van der Waals surface area contributed by atoms with E-state index >= 15 is 0 Å². The van der Waals surface area contributed by atoms with Crippen molar-refractivity contribution >= 4 is 11.3 Å². The topological polar surface area (TPSA) is 35.2 Å². The standard InChI is InChI=1S/C14H15F2NOS/c1-8-6-9(2)19-13(8)12(17)10-4-3-5-11(7-10)18-14(15)16/h3-7,12,14H,17H2,1-2H3. The number of hydrogen-bond acceptors (Lipinski definition) is 3. The van der Waals surface area contributed by atoms with Gasteiger partial charge in [0.25, 0.3) is 0 Å². The molecular formula is C14H15F2NOS. The van der Waals surface area contributed by atoms with Gasteiger partial charge in [0.2, 0.25) is 0 Å². The summed E-state index contributed by atoms with van der Waals surface area (Å²) in [6, 6.07) is 8.29. The normalized spacial score (nSPS) is 12.7. The van der Waals surface area contributed by atoms with Crippen LogP contribution < -0.4 is 10.5 Å². The van der Waals surface area contributed by atoms with Crippen molar-refractivity contribution in [2.45, 2.75) is 26.5 Å². The molecule has 1 atom stereocenters. The first-order valence-corrected chi connectivity index (χ1v) is 6.66. The van der Waals surface area contributed by atoms with Crippen molar-refractivity contribution in [1.29, 1.82) is 0 Å². The second-order valence-electron chi connectivity index (χ2n) is 4.33. The van der Waals surface area contributed by atoms with Crippen molar-refractivity contribution in [2.75, 3.05) is 0 Å². The second kappa shape index (κ2) is 5.67. The fourth-order valence-electron chi connectivity index (χ4n) is 2.00. The number of hydrogen-bond donors (Lipinski definition) is 1. The maximum atomic E-state index is 12.2. The number of aryl methyl sites for hydroxylation is 2. The zero-order chi connectivity index (χ0) is 14.0. The molecule has 1 aromatic heterocycles. The summed E-state index contributed by atoms with van der Waals surface area (Å²) in [5.41, 5.74) is 8.08. The lowest BCUT2D eigenvalue weighted by Gasteiger charge is -2.13. The lowest BCUT2D eigenvalue weighted by atomic mass is 10.0. The molecule has 0 fully saturated rings. The number of halogens is 2. The van der Waals surface area contributed by atoms with E-state index in [-0.39, 0.29) is 11.8 Å². The van der Waals surface area contributed by atoms with Crippen LogP contribution in [0.2, 0.25) is 0 Å². The van der Waals surface area contributed by atoms with Crippen LogP contribution in [0.1, 0.15) is 26.9 Å². The third-order valence-electron chi connectivity index (χ3n) is 2.80. The molecule has 0 aliphatic rings. The first kappa shape index (κ1) is 14.0. The molecule has 1 aromatic carbocycles. The average molecular weight is 283 g/mol. The quantitative estimate of drug-likeness (QED) is 0.920. The van der Waals surface area contributed by atoms with Gasteiger partial charge in [0, 0.05) is 9.75 Å². The van der Waals surface area contributed by atoms with E-state index in [1.807, 2.05) is 19.9 Å². The zero-order valence-electron chi connectivity index (χ0n) is 10.7. The van der Waals surface area contributed by atoms with E-state index in [1.54, 1.807) is 23.5 Å². The number of benzene rings is 1. The Morgan fingerprint density at radius 3 is 2.53 bits per heavy atom. The molecule has 0 amide bonds. The van der Waals surface area contributed by atoms with Gasteiger partial charge in [-0.15, -0.1) is 11.3 Å². The van der Waals surface area contributed by atoms with Gasteiger partial charge in [-0.05, 0) is 43.2 Å². The highest BCUT2D eigenvalue weighted by Crippen LogP contribution is 2.31. The van der Waals surface area contributed by atoms with E-state index in [1.165, 1.54) is 10.9 Å². The lowest BCUT2D eigenvalue weighted by molar-refractivity contribution is -0.0498. The van der Waals surface area contributed by atoms with Crippen molar-refractivity contribution < 1.29 is 13.5 Å². The summed E-state index contributed by atoms with van der Waals surface area (Å²) in [5.74, 6) is 0.133. The maximum Gasteiger partial charge on any atom is 0.387 e. The summed E-state index contributed by atoms with van der Waals surface area (Å²) >= 11 is 1.62. The minimum Gasteiger partial charge on any atom is -0.435 e. The molecule has 0 aliphatic carbocycles. The Labute approximate surface area is 114 Å². The first-order chi connectivity index (χ1) is 8.97. The molecular weight excluding hydrogens is 268 g/mol. The fraction of sp³-hybridized carbons (Fsp3) is 0.286. The van der Waals surface area contributed by atoms with Crippen LogP contribution in [0.15, 0.2) is 30.3 Å². The minimum absolute atomic E-state index is 0.133. The molecule has 0 radical (unpaired) electrons. The molecule has 1 unspecified atom stereocenters. The van der Waals surface area contributed by atoms with Gasteiger partial charge >= 0.3 is 6.61 Å². The van der Waals surface area contributed by atoms with Crippen molar-refractivity contribution in [3.8, 4) is 5.75 Å². The molecule has 0 saturated heterocycles. The highest BCUT2D eigenvalue weighted by molar-refractivity contribution is 7.12. The smallest absolute Gasteiger partial charge is 0.387 e. The molecule has 2 rings (SSSR count). The highest BCUT2D eigenvalue weighted by atomic mass is 32.1. The van der Waals surface area contributed by atoms with E-state index in [9.17, 15) is 8.78 Å². The molecule has 2 N–H and O–H groups in total. The Morgan fingerprint density at radius 1 is 1.21 bits per heavy atom. The molecule has 102 valence electrons. The predicted molar refractivity (Wildman–Crippen MR) is 72.9 cm³/mol. The third kappa shape index (κ3) is 3.30. The molecule has 5 heteroatoms. The summed E-state index contributed by atoms with van der Waals surface area (Å²) in [7, 11) is 0. The van der Waals surface area contributed by atoms with E-state index in [0.717, 1.165) is 16.0 Å². The summed E-state index contributed by atoms with van der Waals surface area (Å²) in [5, 5.41) is 0. The third-order valence-corrected chi connectivity index (χ3v) is 4.04. The van der Waals surface area contributed by atoms with Crippen molar-refractivity contribution in [1.82, 2.24) is 0 Å². The van der Waals surface area contributed by atoms with Gasteiger partial charge in [-0.1, -0.05) is 12.1 Å². The molecule has 2 aromatic rings. The monoisotopic (exact) mass is 283 g/mol. The van der Waals surface area contributed by atoms with Crippen LogP contribution in [0.3, 0.4) is 0 Å². The summed E-state index contributed by atoms with van der Waals surface area (Å²) in [6.07, 6.45) is 0. The summed E-state index contributed by atoms with van der Waals surface area (Å²) in [4.78, 5) is 2.23. The van der Waals surface area contributed by atoms with Crippen molar-refractivity contribution in [3.63, 3.8) is 0 Å². The molecule has 1 heterocycles. The van der Waals surface area contributed by atoms with Gasteiger partial charge in [-0.3, -0.25) is 0 Å². The van der Waals surface area contributed by atoms with Crippen LogP contribution in [0.25, 0.3) is 0 Å². The van der Waals surface area contributed by atoms with Gasteiger partial charge in [-0.25, -0.2) is 0 Å². The molecule has 2 nitrogen and oxygen atoms in total. The SMILES string of the molecule is Cc1cc(C)c(C(N)c2cccc(OC(F)F)c2)s1. The Bertz CT molecular complexity index is 568. The Balaban J connectivity index is 2.28. The van der Waals surface area contributed by atoms with Crippen LogP contribution in [0.4, 0.5) is 8.78 Å². The van der Waals surface area contributed by atoms with Crippen LogP contribution >= 0.6 is 11.3 Å². The van der Waals surface area contributed by atoms with E-state index in [4.69, 9.17) is 5.73 Å². The van der Waals surface area contributed by atoms with E-state index < -0.39 is 6.61 Å². The second-order valence-corrected chi connectivity index (χ2v) is 5.62. The first-order valence-electron chi connectivity index (χ1n) is 5.84. The highest BCUT2D eigenvalue weighted by Gasteiger charge is 2.15. The van der Waals surface area contributed by atoms with E-state index in [2.05, 4.69) is 10.8 Å². The van der Waals surface area contributed by atoms with Gasteiger partial charge in [0.05, 0.1) is 6.04 Å². The van der Waals surface area contributed by atoms with Gasteiger partial charge < -0.3 is 10.5 Å². The van der Waals surface area contributed by atoms with Gasteiger partial charge in [0.1, 0.15) is 5.75 Å². The summed E-state index contributed by atoms with van der Waals surface area (Å²) < 4.78 is 28.8. The largest absolute Gasteiger partial charge is 0.435 e. The van der Waals surface area contributed by atoms with Crippen LogP contribution in [0.5, 0.6) is 5.75 Å². The molecule has 0 bridgehead atoms. The molecule has 0 saturated carbocycles. The fourth-order valence-corrected chi connectivity index (χ4v) is 3.07.